The Labute approximate surface area is 125 Å². The molecule has 0 atom stereocenters. The van der Waals surface area contributed by atoms with Crippen molar-refractivity contribution >= 4 is 11.6 Å². The van der Waals surface area contributed by atoms with Gasteiger partial charge in [0.1, 0.15) is 11.5 Å². The molecule has 0 aliphatic rings. The number of rotatable bonds is 4. The van der Waals surface area contributed by atoms with Crippen LogP contribution < -0.4 is 9.47 Å². The zero-order valence-corrected chi connectivity index (χ0v) is 13.0. The van der Waals surface area contributed by atoms with Crippen molar-refractivity contribution in [2.24, 2.45) is 0 Å². The molecule has 0 heterocycles. The summed E-state index contributed by atoms with van der Waals surface area (Å²) in [6.07, 6.45) is 0. The summed E-state index contributed by atoms with van der Waals surface area (Å²) in [5.41, 5.74) is 3.29. The monoisotopic (exact) mass is 290 g/mol. The van der Waals surface area contributed by atoms with Crippen LogP contribution in [0.3, 0.4) is 0 Å². The number of halogens is 1. The second kappa shape index (κ2) is 6.19. The van der Waals surface area contributed by atoms with Gasteiger partial charge in [-0.25, -0.2) is 0 Å². The Morgan fingerprint density at radius 2 is 1.50 bits per heavy atom. The van der Waals surface area contributed by atoms with E-state index >= 15 is 0 Å². The zero-order valence-electron chi connectivity index (χ0n) is 12.2. The van der Waals surface area contributed by atoms with Crippen LogP contribution in [0.25, 0.3) is 11.1 Å². The third kappa shape index (κ3) is 2.91. The van der Waals surface area contributed by atoms with Crippen LogP contribution in [0.5, 0.6) is 11.5 Å². The number of ether oxygens (including phenoxy) is 2. The predicted octanol–water partition coefficient (Wildman–Crippen LogP) is 5.15. The highest BCUT2D eigenvalue weighted by Gasteiger charge is 2.14. The lowest BCUT2D eigenvalue weighted by molar-refractivity contribution is 0.390. The molecule has 0 aromatic heterocycles. The normalized spacial score (nSPS) is 10.7. The molecule has 0 aliphatic heterocycles. The van der Waals surface area contributed by atoms with Gasteiger partial charge >= 0.3 is 0 Å². The van der Waals surface area contributed by atoms with Crippen LogP contribution >= 0.6 is 11.6 Å². The fraction of sp³-hybridized carbons (Fsp3) is 0.294. The van der Waals surface area contributed by atoms with Crippen LogP contribution in [-0.4, -0.2) is 14.2 Å². The number of methoxy groups -OCH3 is 2. The lowest BCUT2D eigenvalue weighted by Gasteiger charge is -2.17. The first-order valence-electron chi connectivity index (χ1n) is 6.58. The summed E-state index contributed by atoms with van der Waals surface area (Å²) in [6.45, 7) is 4.30. The fourth-order valence-electron chi connectivity index (χ4n) is 2.23. The van der Waals surface area contributed by atoms with Gasteiger partial charge in [-0.1, -0.05) is 37.6 Å². The summed E-state index contributed by atoms with van der Waals surface area (Å²) in [6, 6.07) is 11.8. The molecule has 0 spiro atoms. The molecular formula is C17H19ClO2. The second-order valence-corrected chi connectivity index (χ2v) is 5.39. The lowest BCUT2D eigenvalue weighted by atomic mass is 9.95. The molecule has 2 nitrogen and oxygen atoms in total. The first kappa shape index (κ1) is 14.7. The molecule has 2 aromatic carbocycles. The molecule has 0 saturated heterocycles. The van der Waals surface area contributed by atoms with Gasteiger partial charge in [-0.2, -0.15) is 0 Å². The molecule has 0 saturated carbocycles. The van der Waals surface area contributed by atoms with Gasteiger partial charge in [0.15, 0.2) is 0 Å². The van der Waals surface area contributed by atoms with E-state index in [1.54, 1.807) is 14.2 Å². The summed E-state index contributed by atoms with van der Waals surface area (Å²) in [5, 5.41) is 0.727. The Morgan fingerprint density at radius 3 is 2.00 bits per heavy atom. The Balaban J connectivity index is 2.61. The number of hydrogen-bond donors (Lipinski definition) is 0. The van der Waals surface area contributed by atoms with E-state index < -0.39 is 0 Å². The minimum atomic E-state index is 0.377. The van der Waals surface area contributed by atoms with Crippen LogP contribution in [0.15, 0.2) is 36.4 Å². The summed E-state index contributed by atoms with van der Waals surface area (Å²) in [5.74, 6) is 2.03. The highest BCUT2D eigenvalue weighted by Crippen LogP contribution is 2.39. The molecule has 2 aromatic rings. The summed E-state index contributed by atoms with van der Waals surface area (Å²) in [7, 11) is 3.35. The van der Waals surface area contributed by atoms with Gasteiger partial charge in [-0.15, -0.1) is 0 Å². The SMILES string of the molecule is COc1cc(OC)c(C(C)C)cc1-c1ccc(Cl)cc1. The molecule has 2 rings (SSSR count). The molecule has 0 radical (unpaired) electrons. The van der Waals surface area contributed by atoms with Crippen molar-refractivity contribution in [3.05, 3.63) is 47.0 Å². The van der Waals surface area contributed by atoms with Gasteiger partial charge in [-0.3, -0.25) is 0 Å². The average molecular weight is 291 g/mol. The van der Waals surface area contributed by atoms with Crippen LogP contribution in [0.2, 0.25) is 5.02 Å². The lowest BCUT2D eigenvalue weighted by Crippen LogP contribution is -1.98. The maximum Gasteiger partial charge on any atom is 0.130 e. The van der Waals surface area contributed by atoms with Gasteiger partial charge in [-0.05, 0) is 35.2 Å². The smallest absolute Gasteiger partial charge is 0.130 e. The Morgan fingerprint density at radius 1 is 0.900 bits per heavy atom. The van der Waals surface area contributed by atoms with E-state index in [4.69, 9.17) is 21.1 Å². The van der Waals surface area contributed by atoms with E-state index in [0.717, 1.165) is 27.6 Å². The predicted molar refractivity (Wildman–Crippen MR) is 84.1 cm³/mol. The molecule has 0 amide bonds. The molecule has 3 heteroatoms. The largest absolute Gasteiger partial charge is 0.496 e. The van der Waals surface area contributed by atoms with Crippen molar-refractivity contribution in [2.45, 2.75) is 19.8 Å². The summed E-state index contributed by atoms with van der Waals surface area (Å²) in [4.78, 5) is 0. The van der Waals surface area contributed by atoms with Gasteiger partial charge in [0.2, 0.25) is 0 Å². The minimum absolute atomic E-state index is 0.377. The molecule has 0 fully saturated rings. The first-order valence-corrected chi connectivity index (χ1v) is 6.96. The van der Waals surface area contributed by atoms with E-state index in [1.807, 2.05) is 30.3 Å². The zero-order chi connectivity index (χ0) is 14.7. The van der Waals surface area contributed by atoms with Crippen molar-refractivity contribution in [1.82, 2.24) is 0 Å². The number of hydrogen-bond acceptors (Lipinski definition) is 2. The molecule has 0 bridgehead atoms. The maximum atomic E-state index is 5.95. The third-order valence-electron chi connectivity index (χ3n) is 3.33. The molecule has 20 heavy (non-hydrogen) atoms. The quantitative estimate of drug-likeness (QED) is 0.775. The van der Waals surface area contributed by atoms with Crippen LogP contribution in [0.1, 0.15) is 25.3 Å². The number of benzene rings is 2. The van der Waals surface area contributed by atoms with Crippen LogP contribution in [0, 0.1) is 0 Å². The van der Waals surface area contributed by atoms with Crippen molar-refractivity contribution in [3.8, 4) is 22.6 Å². The Bertz CT molecular complexity index is 589. The first-order chi connectivity index (χ1) is 9.56. The Kier molecular flexibility index (Phi) is 4.56. The molecular weight excluding hydrogens is 272 g/mol. The summed E-state index contributed by atoms with van der Waals surface area (Å²) >= 11 is 5.95. The topological polar surface area (TPSA) is 18.5 Å². The van der Waals surface area contributed by atoms with Gasteiger partial charge in [0.05, 0.1) is 14.2 Å². The standard InChI is InChI=1S/C17H19ClO2/c1-11(2)14-9-15(12-5-7-13(18)8-6-12)17(20-4)10-16(14)19-3/h5-11H,1-4H3. The molecule has 0 N–H and O–H groups in total. The molecule has 0 unspecified atom stereocenters. The van der Waals surface area contributed by atoms with E-state index in [9.17, 15) is 0 Å². The maximum absolute atomic E-state index is 5.95. The molecule has 0 aliphatic carbocycles. The van der Waals surface area contributed by atoms with Gasteiger partial charge in [0.25, 0.3) is 0 Å². The van der Waals surface area contributed by atoms with E-state index in [0.29, 0.717) is 5.92 Å². The van der Waals surface area contributed by atoms with Gasteiger partial charge < -0.3 is 9.47 Å². The highest BCUT2D eigenvalue weighted by atomic mass is 35.5. The summed E-state index contributed by atoms with van der Waals surface area (Å²) < 4.78 is 11.0. The van der Waals surface area contributed by atoms with E-state index in [-0.39, 0.29) is 0 Å². The van der Waals surface area contributed by atoms with Gasteiger partial charge in [0, 0.05) is 16.7 Å². The molecule has 106 valence electrons. The van der Waals surface area contributed by atoms with Crippen molar-refractivity contribution in [1.29, 1.82) is 0 Å². The third-order valence-corrected chi connectivity index (χ3v) is 3.58. The minimum Gasteiger partial charge on any atom is -0.496 e. The fourth-order valence-corrected chi connectivity index (χ4v) is 2.36. The highest BCUT2D eigenvalue weighted by molar-refractivity contribution is 6.30. The van der Waals surface area contributed by atoms with Crippen molar-refractivity contribution < 1.29 is 9.47 Å². The second-order valence-electron chi connectivity index (χ2n) is 4.96. The van der Waals surface area contributed by atoms with Crippen molar-refractivity contribution in [2.75, 3.05) is 14.2 Å². The van der Waals surface area contributed by atoms with E-state index in [2.05, 4.69) is 19.9 Å². The Hall–Kier alpha value is -1.67. The average Bonchev–Trinajstić information content (AvgIpc) is 2.46. The van der Waals surface area contributed by atoms with E-state index in [1.165, 1.54) is 5.56 Å². The van der Waals surface area contributed by atoms with Crippen molar-refractivity contribution in [3.63, 3.8) is 0 Å². The van der Waals surface area contributed by atoms with Crippen LogP contribution in [0.4, 0.5) is 0 Å². The van der Waals surface area contributed by atoms with Crippen LogP contribution in [-0.2, 0) is 0 Å².